The summed E-state index contributed by atoms with van der Waals surface area (Å²) in [6, 6.07) is -4.56. The van der Waals surface area contributed by atoms with Crippen molar-refractivity contribution < 1.29 is 158 Å². The Morgan fingerprint density at radius 2 is 0.748 bits per heavy atom. The van der Waals surface area contributed by atoms with Crippen LogP contribution >= 0.6 is 0 Å². The SMILES string of the molecule is CCCCCCCCCCCCC/C=C/[C@@H](O)[C@H](CO[C@@H]1OC(CO)[C@@H](O[C@@H]2OC(CO)[C@H](O[C@@H]3OC(CO)[C@H](O)[C@H](O)C3NC(C)=O)[C@H](O[C@H]3OC(CO)[C@H](O)[C@H](O[C@@H]4OC(CO)[C@@H](O)[C@H](O[C@H]5OC(C)[C@@H](O)C(O)[C@@H]5O)C4NC(C)=O)C3O)C2O)[C@H](O)C1O)NC(=O)CCCCCCCCCCCCCCCCC. The molecule has 6 heterocycles. The van der Waals surface area contributed by atoms with Crippen molar-refractivity contribution in [3.8, 4) is 0 Å². The third-order valence-electron chi connectivity index (χ3n) is 21.7. The lowest BCUT2D eigenvalue weighted by Crippen LogP contribution is -2.71. The van der Waals surface area contributed by atoms with Crippen LogP contribution < -0.4 is 16.0 Å². The van der Waals surface area contributed by atoms with Gasteiger partial charge >= 0.3 is 0 Å². The largest absolute Gasteiger partial charge is 0.394 e. The zero-order valence-electron chi connectivity index (χ0n) is 65.4. The van der Waals surface area contributed by atoms with Gasteiger partial charge in [0.25, 0.3) is 0 Å². The molecular formula is C76H137N3O32. The molecule has 12 unspecified atom stereocenters. The second-order valence-electron chi connectivity index (χ2n) is 30.6. The lowest BCUT2D eigenvalue weighted by molar-refractivity contribution is -0.401. The van der Waals surface area contributed by atoms with E-state index >= 15 is 0 Å². The van der Waals surface area contributed by atoms with Crippen LogP contribution in [0.15, 0.2) is 12.2 Å². The van der Waals surface area contributed by atoms with E-state index in [4.69, 9.17) is 56.8 Å². The molecule has 35 heteroatoms. The van der Waals surface area contributed by atoms with Crippen molar-refractivity contribution in [2.75, 3.05) is 39.6 Å². The van der Waals surface area contributed by atoms with Gasteiger partial charge in [0.05, 0.1) is 57.9 Å². The quantitative estimate of drug-likeness (QED) is 0.0246. The molecule has 0 aromatic carbocycles. The van der Waals surface area contributed by atoms with Crippen LogP contribution in [0.4, 0.5) is 0 Å². The van der Waals surface area contributed by atoms with Gasteiger partial charge in [-0.25, -0.2) is 0 Å². The normalized spacial score (nSPS) is 37.4. The number of aliphatic hydroxyl groups is 17. The first-order chi connectivity index (χ1) is 53.3. The maximum atomic E-state index is 13.6. The molecule has 648 valence electrons. The summed E-state index contributed by atoms with van der Waals surface area (Å²) in [6.45, 7) is 2.18. The van der Waals surface area contributed by atoms with Crippen LogP contribution in [0.3, 0.4) is 0 Å². The number of carbonyl (C=O) groups is 3. The molecular weight excluding hydrogens is 1470 g/mol. The van der Waals surface area contributed by atoms with E-state index in [9.17, 15) is 101 Å². The average molecular weight is 1600 g/mol. The fourth-order valence-corrected chi connectivity index (χ4v) is 15.0. The zero-order chi connectivity index (χ0) is 81.3. The Morgan fingerprint density at radius 1 is 0.369 bits per heavy atom. The highest BCUT2D eigenvalue weighted by Crippen LogP contribution is 2.39. The van der Waals surface area contributed by atoms with Gasteiger partial charge in [0.2, 0.25) is 17.7 Å². The second kappa shape index (κ2) is 51.4. The topological polar surface area (TPSA) is 542 Å². The van der Waals surface area contributed by atoms with Gasteiger partial charge in [-0.05, 0) is 26.2 Å². The number of amides is 3. The summed E-state index contributed by atoms with van der Waals surface area (Å²) >= 11 is 0. The highest BCUT2D eigenvalue weighted by atomic mass is 16.8. The Bertz CT molecular complexity index is 2580. The van der Waals surface area contributed by atoms with Crippen molar-refractivity contribution in [1.29, 1.82) is 0 Å². The highest BCUT2D eigenvalue weighted by molar-refractivity contribution is 5.76. The van der Waals surface area contributed by atoms with Crippen LogP contribution in [0.1, 0.15) is 214 Å². The Labute approximate surface area is 651 Å². The van der Waals surface area contributed by atoms with E-state index in [-0.39, 0.29) is 12.3 Å². The summed E-state index contributed by atoms with van der Waals surface area (Å²) in [5.74, 6) is -2.00. The summed E-state index contributed by atoms with van der Waals surface area (Å²) in [4.78, 5) is 39.2. The number of rotatable bonds is 51. The fourth-order valence-electron chi connectivity index (χ4n) is 15.0. The average Bonchev–Trinajstić information content (AvgIpc) is 0.764. The molecule has 35 nitrogen and oxygen atoms in total. The molecule has 0 saturated carbocycles. The minimum Gasteiger partial charge on any atom is -0.394 e. The molecule has 6 aliphatic heterocycles. The van der Waals surface area contributed by atoms with Gasteiger partial charge in [0.1, 0.15) is 140 Å². The van der Waals surface area contributed by atoms with Crippen LogP contribution in [0, 0.1) is 0 Å². The predicted molar refractivity (Wildman–Crippen MR) is 392 cm³/mol. The predicted octanol–water partition coefficient (Wildman–Crippen LogP) is -1.40. The van der Waals surface area contributed by atoms with Crippen molar-refractivity contribution in [1.82, 2.24) is 16.0 Å². The number of hydrogen-bond acceptors (Lipinski definition) is 32. The van der Waals surface area contributed by atoms with Gasteiger partial charge in [0, 0.05) is 20.3 Å². The van der Waals surface area contributed by atoms with Gasteiger partial charge in [-0.2, -0.15) is 0 Å². The highest BCUT2D eigenvalue weighted by Gasteiger charge is 2.59. The summed E-state index contributed by atoms with van der Waals surface area (Å²) in [5.41, 5.74) is 0. The number of allylic oxidation sites excluding steroid dienone is 1. The minimum atomic E-state index is -2.37. The molecule has 20 N–H and O–H groups in total. The summed E-state index contributed by atoms with van der Waals surface area (Å²) in [5, 5.41) is 199. The first kappa shape index (κ1) is 96.8. The van der Waals surface area contributed by atoms with E-state index in [1.54, 1.807) is 6.08 Å². The van der Waals surface area contributed by atoms with Crippen molar-refractivity contribution >= 4 is 17.7 Å². The van der Waals surface area contributed by atoms with Crippen LogP contribution in [-0.2, 0) is 71.2 Å². The van der Waals surface area contributed by atoms with E-state index in [0.29, 0.717) is 12.8 Å². The summed E-state index contributed by atoms with van der Waals surface area (Å²) < 4.78 is 72.4. The van der Waals surface area contributed by atoms with Crippen molar-refractivity contribution in [2.45, 2.75) is 411 Å². The van der Waals surface area contributed by atoms with E-state index in [2.05, 4.69) is 29.8 Å². The Hall–Kier alpha value is -3.01. The first-order valence-corrected chi connectivity index (χ1v) is 40.8. The lowest BCUT2D eigenvalue weighted by Gasteiger charge is -2.51. The molecule has 0 aromatic rings. The molecule has 0 aliphatic carbocycles. The van der Waals surface area contributed by atoms with Gasteiger partial charge in [-0.15, -0.1) is 0 Å². The molecule has 111 heavy (non-hydrogen) atoms. The van der Waals surface area contributed by atoms with Gasteiger partial charge in [0.15, 0.2) is 37.7 Å². The standard InChI is InChI=1S/C76H137N3O32/c1-6-8-10-12-14-16-18-20-21-23-25-27-29-31-33-35-52(88)79-45(46(87)34-32-30-28-26-24-22-19-17-15-13-11-9-7-2)41-100-73-63(97)61(95)66(50(39-83)105-73)107-76-65(99)70(67(51(40-84)106-76)108-71-53(77-43(4)85)59(93)56(90)47(36-80)102-71)111-75-64(98)69(58(92)49(38-82)104-75)110-72-54(78-44(5)86)68(57(91)48(37-81)103-72)109-74-62(96)60(94)55(89)42(3)101-74/h32,34,42,45-51,53-76,80-84,87,89-99H,6-31,33,35-41H2,1-5H3,(H,77,85)(H,78,86)(H,79,88)/b34-32+/t42?,45-,46+,47?,48?,49?,50?,51?,53?,54?,55+,56-,57+,58-,59+,60?,61+,62-,63?,64?,65?,66+,67-,68+,69-,70+,71-,72-,73+,74+,75+,76-/m0/s1. The van der Waals surface area contributed by atoms with Crippen LogP contribution in [0.25, 0.3) is 0 Å². The number of ether oxygens (including phenoxy) is 12. The van der Waals surface area contributed by atoms with Gasteiger partial charge in [-0.3, -0.25) is 14.4 Å². The van der Waals surface area contributed by atoms with E-state index in [1.807, 2.05) is 6.08 Å². The Kier molecular flexibility index (Phi) is 44.8. The Morgan fingerprint density at radius 3 is 1.26 bits per heavy atom. The first-order valence-electron chi connectivity index (χ1n) is 40.8. The molecule has 0 aromatic heterocycles. The van der Waals surface area contributed by atoms with Crippen LogP contribution in [-0.4, -0.2) is 340 Å². The second-order valence-corrected chi connectivity index (χ2v) is 30.6. The summed E-state index contributed by atoms with van der Waals surface area (Å²) in [7, 11) is 0. The van der Waals surface area contributed by atoms with Gasteiger partial charge in [-0.1, -0.05) is 180 Å². The number of carbonyl (C=O) groups excluding carboxylic acids is 3. The molecule has 6 fully saturated rings. The van der Waals surface area contributed by atoms with Crippen LogP contribution in [0.5, 0.6) is 0 Å². The molecule has 0 bridgehead atoms. The summed E-state index contributed by atoms with van der Waals surface area (Å²) in [6.07, 6.45) is -21.2. The number of unbranched alkanes of at least 4 members (excludes halogenated alkanes) is 25. The molecule has 0 radical (unpaired) electrons. The number of hydrogen-bond donors (Lipinski definition) is 20. The van der Waals surface area contributed by atoms with E-state index in [0.717, 1.165) is 65.2 Å². The molecule has 6 aliphatic rings. The molecule has 0 spiro atoms. The lowest BCUT2D eigenvalue weighted by atomic mass is 9.94. The molecule has 3 amide bonds. The maximum Gasteiger partial charge on any atom is 0.220 e. The number of aliphatic hydroxyl groups excluding tert-OH is 17. The van der Waals surface area contributed by atoms with Gasteiger partial charge < -0.3 is 160 Å². The smallest absolute Gasteiger partial charge is 0.220 e. The van der Waals surface area contributed by atoms with E-state index in [1.165, 1.54) is 116 Å². The third kappa shape index (κ3) is 29.5. The fraction of sp³-hybridized carbons (Fsp3) is 0.934. The Balaban J connectivity index is 1.20. The number of nitrogens with one attached hydrogen (secondary N) is 3. The van der Waals surface area contributed by atoms with Crippen molar-refractivity contribution in [2.24, 2.45) is 0 Å². The monoisotopic (exact) mass is 1600 g/mol. The molecule has 6 rings (SSSR count). The maximum absolute atomic E-state index is 13.6. The molecule has 32 atom stereocenters. The van der Waals surface area contributed by atoms with Crippen LogP contribution in [0.2, 0.25) is 0 Å². The third-order valence-corrected chi connectivity index (χ3v) is 21.7. The minimum absolute atomic E-state index is 0.153. The molecule has 6 saturated heterocycles. The van der Waals surface area contributed by atoms with E-state index < -0.39 is 248 Å². The van der Waals surface area contributed by atoms with Crippen molar-refractivity contribution in [3.05, 3.63) is 12.2 Å². The zero-order valence-corrected chi connectivity index (χ0v) is 65.4. The van der Waals surface area contributed by atoms with Crippen molar-refractivity contribution in [3.63, 3.8) is 0 Å².